The molecular weight excluding hydrogens is 356 g/mol. The molecule has 8 heteroatoms. The van der Waals surface area contributed by atoms with Crippen molar-refractivity contribution in [2.45, 2.75) is 12.4 Å². The second kappa shape index (κ2) is 6.93. The number of nitrogens with one attached hydrogen (secondary N) is 1. The van der Waals surface area contributed by atoms with Crippen LogP contribution in [0.3, 0.4) is 0 Å². The second-order valence-corrected chi connectivity index (χ2v) is 5.60. The lowest BCUT2D eigenvalue weighted by atomic mass is 10.0. The maximum Gasteiger partial charge on any atom is 0.573 e. The quantitative estimate of drug-likeness (QED) is 0.823. The van der Waals surface area contributed by atoms with Crippen LogP contribution in [0, 0.1) is 0 Å². The van der Waals surface area contributed by atoms with Gasteiger partial charge in [0.05, 0.1) is 6.04 Å². The molecule has 1 fully saturated rings. The molecule has 0 aliphatic carbocycles. The van der Waals surface area contributed by atoms with Gasteiger partial charge in [-0.25, -0.2) is 4.39 Å². The SMILES string of the molecule is FC[C@@H](c1cc(Br)ccc1OC(F)(F)F)N1CCNCC1. The topological polar surface area (TPSA) is 24.5 Å². The Balaban J connectivity index is 2.31. The molecule has 1 N–H and O–H groups in total. The van der Waals surface area contributed by atoms with Crippen molar-refractivity contribution in [3.63, 3.8) is 0 Å². The molecule has 0 amide bonds. The molecule has 3 nitrogen and oxygen atoms in total. The molecule has 1 aromatic rings. The Hall–Kier alpha value is -0.860. The molecule has 2 rings (SSSR count). The smallest absolute Gasteiger partial charge is 0.405 e. The molecule has 0 radical (unpaired) electrons. The summed E-state index contributed by atoms with van der Waals surface area (Å²) in [7, 11) is 0. The number of piperazine rings is 1. The molecule has 21 heavy (non-hydrogen) atoms. The first-order valence-corrected chi connectivity index (χ1v) is 7.26. The zero-order valence-corrected chi connectivity index (χ0v) is 12.7. The third-order valence-corrected chi connectivity index (χ3v) is 3.79. The number of hydrogen-bond donors (Lipinski definition) is 1. The highest BCUT2D eigenvalue weighted by molar-refractivity contribution is 9.10. The molecule has 1 heterocycles. The van der Waals surface area contributed by atoms with E-state index >= 15 is 0 Å². The number of halogens is 5. The molecule has 0 spiro atoms. The Morgan fingerprint density at radius 3 is 2.52 bits per heavy atom. The van der Waals surface area contributed by atoms with Gasteiger partial charge in [0, 0.05) is 36.2 Å². The van der Waals surface area contributed by atoms with Crippen LogP contribution in [0.1, 0.15) is 11.6 Å². The fraction of sp³-hybridized carbons (Fsp3) is 0.538. The van der Waals surface area contributed by atoms with E-state index in [4.69, 9.17) is 0 Å². The first-order chi connectivity index (χ1) is 9.90. The van der Waals surface area contributed by atoms with Crippen LogP contribution in [0.5, 0.6) is 5.75 Å². The summed E-state index contributed by atoms with van der Waals surface area (Å²) in [4.78, 5) is 1.82. The molecule has 0 aromatic heterocycles. The summed E-state index contributed by atoms with van der Waals surface area (Å²) in [6.07, 6.45) is -4.80. The molecule has 0 saturated carbocycles. The normalized spacial score (nSPS) is 18.5. The maximum atomic E-state index is 13.5. The zero-order chi connectivity index (χ0) is 15.5. The van der Waals surface area contributed by atoms with Crippen LogP contribution in [0.4, 0.5) is 17.6 Å². The molecule has 1 aliphatic heterocycles. The van der Waals surface area contributed by atoms with Gasteiger partial charge in [-0.15, -0.1) is 13.2 Å². The summed E-state index contributed by atoms with van der Waals surface area (Å²) in [5.41, 5.74) is 0.200. The van der Waals surface area contributed by atoms with Gasteiger partial charge in [0.1, 0.15) is 12.4 Å². The Bertz CT molecular complexity index is 478. The van der Waals surface area contributed by atoms with Crippen LogP contribution in [0.15, 0.2) is 22.7 Å². The number of nitrogens with zero attached hydrogens (tertiary/aromatic N) is 1. The lowest BCUT2D eigenvalue weighted by Crippen LogP contribution is -2.45. The lowest BCUT2D eigenvalue weighted by Gasteiger charge is -2.34. The molecule has 0 bridgehead atoms. The Labute approximate surface area is 128 Å². The van der Waals surface area contributed by atoms with Crippen molar-refractivity contribution in [1.82, 2.24) is 10.2 Å². The molecule has 1 aliphatic rings. The maximum absolute atomic E-state index is 13.5. The Morgan fingerprint density at radius 2 is 1.95 bits per heavy atom. The van der Waals surface area contributed by atoms with Gasteiger partial charge in [0.15, 0.2) is 0 Å². The number of rotatable bonds is 4. The molecule has 0 unspecified atom stereocenters. The van der Waals surface area contributed by atoms with E-state index < -0.39 is 19.1 Å². The van der Waals surface area contributed by atoms with Gasteiger partial charge in [-0.05, 0) is 18.2 Å². The van der Waals surface area contributed by atoms with E-state index in [1.807, 2.05) is 4.90 Å². The predicted molar refractivity (Wildman–Crippen MR) is 74.0 cm³/mol. The van der Waals surface area contributed by atoms with E-state index in [-0.39, 0.29) is 11.3 Å². The van der Waals surface area contributed by atoms with Gasteiger partial charge in [0.25, 0.3) is 0 Å². The molecular formula is C13H15BrF4N2O. The van der Waals surface area contributed by atoms with Crippen molar-refractivity contribution >= 4 is 15.9 Å². The van der Waals surface area contributed by atoms with Crippen LogP contribution < -0.4 is 10.1 Å². The predicted octanol–water partition coefficient (Wildman–Crippen LogP) is 3.26. The fourth-order valence-corrected chi connectivity index (χ4v) is 2.75. The minimum absolute atomic E-state index is 0.200. The van der Waals surface area contributed by atoms with E-state index in [1.54, 1.807) is 0 Å². The van der Waals surface area contributed by atoms with Gasteiger partial charge in [-0.2, -0.15) is 0 Å². The largest absolute Gasteiger partial charge is 0.573 e. The standard InChI is InChI=1S/C13H15BrF4N2O/c14-9-1-2-12(21-13(16,17)18)10(7-9)11(8-15)20-5-3-19-4-6-20/h1-2,7,11,19H,3-6,8H2/t11-/m0/s1. The van der Waals surface area contributed by atoms with Gasteiger partial charge in [0.2, 0.25) is 0 Å². The van der Waals surface area contributed by atoms with Crippen LogP contribution in [0.25, 0.3) is 0 Å². The average molecular weight is 371 g/mol. The van der Waals surface area contributed by atoms with Crippen molar-refractivity contribution in [3.05, 3.63) is 28.2 Å². The van der Waals surface area contributed by atoms with E-state index in [0.29, 0.717) is 30.7 Å². The third kappa shape index (κ3) is 4.55. The third-order valence-electron chi connectivity index (χ3n) is 3.30. The van der Waals surface area contributed by atoms with Crippen LogP contribution >= 0.6 is 15.9 Å². The summed E-state index contributed by atoms with van der Waals surface area (Å²) in [6.45, 7) is 1.74. The molecule has 1 aromatic carbocycles. The van der Waals surface area contributed by atoms with Crippen LogP contribution in [0.2, 0.25) is 0 Å². The minimum atomic E-state index is -4.80. The summed E-state index contributed by atoms with van der Waals surface area (Å²) in [5.74, 6) is -0.355. The Morgan fingerprint density at radius 1 is 1.29 bits per heavy atom. The molecule has 1 saturated heterocycles. The number of hydrogen-bond acceptors (Lipinski definition) is 3. The molecule has 118 valence electrons. The first-order valence-electron chi connectivity index (χ1n) is 6.46. The van der Waals surface area contributed by atoms with E-state index in [1.165, 1.54) is 18.2 Å². The highest BCUT2D eigenvalue weighted by Crippen LogP contribution is 2.35. The van der Waals surface area contributed by atoms with E-state index in [9.17, 15) is 17.6 Å². The average Bonchev–Trinajstić information content (AvgIpc) is 2.42. The van der Waals surface area contributed by atoms with Crippen molar-refractivity contribution in [2.24, 2.45) is 0 Å². The second-order valence-electron chi connectivity index (χ2n) is 4.69. The van der Waals surface area contributed by atoms with E-state index in [0.717, 1.165) is 0 Å². The zero-order valence-electron chi connectivity index (χ0n) is 11.1. The van der Waals surface area contributed by atoms with Crippen LogP contribution in [-0.2, 0) is 0 Å². The lowest BCUT2D eigenvalue weighted by molar-refractivity contribution is -0.275. The molecule has 1 atom stereocenters. The van der Waals surface area contributed by atoms with Gasteiger partial charge in [-0.3, -0.25) is 4.90 Å². The number of alkyl halides is 4. The summed E-state index contributed by atoms with van der Waals surface area (Å²) in [6, 6.07) is 3.38. The number of benzene rings is 1. The van der Waals surface area contributed by atoms with Crippen molar-refractivity contribution in [1.29, 1.82) is 0 Å². The highest BCUT2D eigenvalue weighted by Gasteiger charge is 2.34. The van der Waals surface area contributed by atoms with Gasteiger partial charge >= 0.3 is 6.36 Å². The monoisotopic (exact) mass is 370 g/mol. The van der Waals surface area contributed by atoms with Crippen molar-refractivity contribution in [2.75, 3.05) is 32.9 Å². The summed E-state index contributed by atoms with van der Waals surface area (Å²) >= 11 is 3.21. The van der Waals surface area contributed by atoms with Gasteiger partial charge in [-0.1, -0.05) is 15.9 Å². The fourth-order valence-electron chi connectivity index (χ4n) is 2.37. The highest BCUT2D eigenvalue weighted by atomic mass is 79.9. The summed E-state index contributed by atoms with van der Waals surface area (Å²) < 4.78 is 55.5. The minimum Gasteiger partial charge on any atom is -0.405 e. The van der Waals surface area contributed by atoms with E-state index in [2.05, 4.69) is 26.0 Å². The van der Waals surface area contributed by atoms with Crippen molar-refractivity contribution in [3.8, 4) is 5.75 Å². The number of ether oxygens (including phenoxy) is 1. The van der Waals surface area contributed by atoms with Gasteiger partial charge < -0.3 is 10.1 Å². The Kier molecular flexibility index (Phi) is 5.45. The first kappa shape index (κ1) is 16.5. The summed E-state index contributed by atoms with van der Waals surface area (Å²) in [5, 5.41) is 3.12. The van der Waals surface area contributed by atoms with Crippen LogP contribution in [-0.4, -0.2) is 44.1 Å². The van der Waals surface area contributed by atoms with Crippen molar-refractivity contribution < 1.29 is 22.3 Å².